The van der Waals surface area contributed by atoms with Crippen molar-refractivity contribution >= 4 is 0 Å². The van der Waals surface area contributed by atoms with Gasteiger partial charge in [0.05, 0.1) is 0 Å². The Bertz CT molecular complexity index is 147. The van der Waals surface area contributed by atoms with Crippen LogP contribution in [0.25, 0.3) is 0 Å². The summed E-state index contributed by atoms with van der Waals surface area (Å²) < 4.78 is 27.6. The topological polar surface area (TPSA) is 45.0 Å². The Morgan fingerprint density at radius 2 is 2.25 bits per heavy atom. The van der Waals surface area contributed by atoms with E-state index in [4.69, 9.17) is 5.26 Å². The van der Waals surface area contributed by atoms with Gasteiger partial charge >= 0.3 is 0 Å². The molecule has 1 unspecified atom stereocenters. The van der Waals surface area contributed by atoms with Crippen LogP contribution in [0.15, 0.2) is 0 Å². The minimum absolute atomic E-state index is 0.0663. The Kier molecular flexibility index (Phi) is 6.29. The Balaban J connectivity index is 3.20. The van der Waals surface area contributed by atoms with E-state index in [1.165, 1.54) is 6.26 Å². The molecule has 0 saturated carbocycles. The van der Waals surface area contributed by atoms with Gasteiger partial charge in [0.1, 0.15) is 6.61 Å². The van der Waals surface area contributed by atoms with Gasteiger partial charge in [-0.2, -0.15) is 5.26 Å². The molecule has 0 aliphatic heterocycles. The maximum Gasteiger partial charge on any atom is 0.286 e. The largest absolute Gasteiger partial charge is 0.426 e. The Morgan fingerprint density at radius 3 is 2.75 bits per heavy atom. The van der Waals surface area contributed by atoms with Crippen molar-refractivity contribution in [1.82, 2.24) is 5.32 Å². The highest BCUT2D eigenvalue weighted by Crippen LogP contribution is 1.96. The van der Waals surface area contributed by atoms with Gasteiger partial charge in [0, 0.05) is 19.0 Å². The third-order valence-electron chi connectivity index (χ3n) is 1.25. The molecule has 0 heterocycles. The first-order valence-corrected chi connectivity index (χ1v) is 3.69. The van der Waals surface area contributed by atoms with E-state index in [9.17, 15) is 8.78 Å². The predicted octanol–water partition coefficient (Wildman–Crippen LogP) is 1.12. The molecule has 5 heteroatoms. The number of ether oxygens (including phenoxy) is 1. The summed E-state index contributed by atoms with van der Waals surface area (Å²) in [6.45, 7) is 2.23. The maximum absolute atomic E-state index is 11.6. The summed E-state index contributed by atoms with van der Waals surface area (Å²) >= 11 is 0. The molecule has 0 aromatic carbocycles. The van der Waals surface area contributed by atoms with Crippen LogP contribution in [0, 0.1) is 11.5 Å². The van der Waals surface area contributed by atoms with Crippen LogP contribution in [0.1, 0.15) is 13.3 Å². The zero-order chi connectivity index (χ0) is 9.40. The number of nitrogens with zero attached hydrogens (tertiary/aromatic N) is 1. The third-order valence-corrected chi connectivity index (χ3v) is 1.25. The first-order chi connectivity index (χ1) is 5.66. The number of hydrogen-bond acceptors (Lipinski definition) is 3. The first-order valence-electron chi connectivity index (χ1n) is 3.69. The van der Waals surface area contributed by atoms with Crippen LogP contribution in [-0.4, -0.2) is 25.6 Å². The van der Waals surface area contributed by atoms with Gasteiger partial charge in [-0.25, -0.2) is 8.78 Å². The molecule has 0 aromatic heterocycles. The summed E-state index contributed by atoms with van der Waals surface area (Å²) in [6, 6.07) is -0.0663. The molecular weight excluding hydrogens is 166 g/mol. The number of hydrogen-bond donors (Lipinski definition) is 1. The third kappa shape index (κ3) is 7.22. The minimum Gasteiger partial charge on any atom is -0.426 e. The molecule has 0 aliphatic rings. The van der Waals surface area contributed by atoms with E-state index in [2.05, 4.69) is 10.1 Å². The highest BCUT2D eigenvalue weighted by molar-refractivity contribution is 4.62. The molecule has 3 nitrogen and oxygen atoms in total. The number of nitriles is 1. The Morgan fingerprint density at radius 1 is 1.58 bits per heavy atom. The first kappa shape index (κ1) is 11.1. The van der Waals surface area contributed by atoms with E-state index in [0.717, 1.165) is 0 Å². The van der Waals surface area contributed by atoms with Crippen molar-refractivity contribution < 1.29 is 13.5 Å². The summed E-state index contributed by atoms with van der Waals surface area (Å²) in [4.78, 5) is 0. The zero-order valence-electron chi connectivity index (χ0n) is 6.89. The van der Waals surface area contributed by atoms with Crippen LogP contribution in [0.5, 0.6) is 0 Å². The second-order valence-corrected chi connectivity index (χ2v) is 2.44. The van der Waals surface area contributed by atoms with Crippen molar-refractivity contribution in [1.29, 1.82) is 5.26 Å². The summed E-state index contributed by atoms with van der Waals surface area (Å²) in [6.07, 6.45) is -0.936. The monoisotopic (exact) mass is 178 g/mol. The fourth-order valence-corrected chi connectivity index (χ4v) is 0.660. The number of alkyl halides is 2. The summed E-state index contributed by atoms with van der Waals surface area (Å²) in [7, 11) is 0. The lowest BCUT2D eigenvalue weighted by Gasteiger charge is -2.10. The van der Waals surface area contributed by atoms with E-state index < -0.39 is 6.43 Å². The average Bonchev–Trinajstić information content (AvgIpc) is 2.00. The molecule has 0 bridgehead atoms. The van der Waals surface area contributed by atoms with E-state index in [1.807, 2.05) is 0 Å². The summed E-state index contributed by atoms with van der Waals surface area (Å²) in [5, 5.41) is 10.8. The van der Waals surface area contributed by atoms with Gasteiger partial charge in [-0.15, -0.1) is 0 Å². The predicted molar refractivity (Wildman–Crippen MR) is 39.7 cm³/mol. The quantitative estimate of drug-likeness (QED) is 0.620. The van der Waals surface area contributed by atoms with Crippen molar-refractivity contribution in [3.63, 3.8) is 0 Å². The minimum atomic E-state index is -2.28. The van der Waals surface area contributed by atoms with Crippen molar-refractivity contribution in [2.75, 3.05) is 13.2 Å². The van der Waals surface area contributed by atoms with Crippen LogP contribution in [0.3, 0.4) is 0 Å². The molecule has 0 spiro atoms. The highest BCUT2D eigenvalue weighted by Gasteiger charge is 2.04. The molecule has 0 aliphatic carbocycles. The Labute approximate surface area is 70.3 Å². The van der Waals surface area contributed by atoms with Crippen molar-refractivity contribution in [2.24, 2.45) is 0 Å². The number of halogens is 2. The molecule has 12 heavy (non-hydrogen) atoms. The summed E-state index contributed by atoms with van der Waals surface area (Å²) in [5.41, 5.74) is 0. The maximum atomic E-state index is 11.6. The van der Waals surface area contributed by atoms with Crippen LogP contribution >= 0.6 is 0 Å². The van der Waals surface area contributed by atoms with Gasteiger partial charge in [0.2, 0.25) is 6.43 Å². The van der Waals surface area contributed by atoms with Crippen molar-refractivity contribution in [3.05, 3.63) is 0 Å². The van der Waals surface area contributed by atoms with Crippen LogP contribution in [0.4, 0.5) is 8.78 Å². The smallest absolute Gasteiger partial charge is 0.286 e. The normalized spacial score (nSPS) is 12.6. The van der Waals surface area contributed by atoms with Gasteiger partial charge in [0.25, 0.3) is 6.26 Å². The fraction of sp³-hybridized carbons (Fsp3) is 0.857. The number of nitrogens with one attached hydrogen (secondary N) is 1. The van der Waals surface area contributed by atoms with Crippen molar-refractivity contribution in [3.8, 4) is 6.26 Å². The molecule has 70 valence electrons. The van der Waals surface area contributed by atoms with Gasteiger partial charge in [0.15, 0.2) is 0 Å². The summed E-state index contributed by atoms with van der Waals surface area (Å²) in [5.74, 6) is 0. The van der Waals surface area contributed by atoms with Gasteiger partial charge < -0.3 is 10.1 Å². The lowest BCUT2D eigenvalue weighted by molar-refractivity contribution is 0.134. The molecule has 0 saturated heterocycles. The van der Waals surface area contributed by atoms with Gasteiger partial charge in [-0.3, -0.25) is 0 Å². The Hall–Kier alpha value is -0.890. The molecule has 1 atom stereocenters. The molecular formula is C7H12F2N2O. The number of rotatable bonds is 6. The molecule has 0 radical (unpaired) electrons. The van der Waals surface area contributed by atoms with Crippen molar-refractivity contribution in [2.45, 2.75) is 25.8 Å². The van der Waals surface area contributed by atoms with Gasteiger partial charge in [-0.1, -0.05) is 0 Å². The molecule has 0 amide bonds. The lowest BCUT2D eigenvalue weighted by Crippen LogP contribution is -2.31. The van der Waals surface area contributed by atoms with E-state index >= 15 is 0 Å². The zero-order valence-corrected chi connectivity index (χ0v) is 6.89. The second kappa shape index (κ2) is 6.80. The van der Waals surface area contributed by atoms with Gasteiger partial charge in [-0.05, 0) is 6.92 Å². The standard InChI is InChI=1S/C7H12F2N2O/c1-6(4-12-5-10)11-3-2-7(8)9/h6-7,11H,2-4H2,1H3. The SMILES string of the molecule is CC(COC#N)NCCC(F)F. The van der Waals surface area contributed by atoms with Crippen LogP contribution < -0.4 is 5.32 Å². The van der Waals surface area contributed by atoms with Crippen LogP contribution in [0.2, 0.25) is 0 Å². The fourth-order valence-electron chi connectivity index (χ4n) is 0.660. The second-order valence-electron chi connectivity index (χ2n) is 2.44. The molecule has 0 fully saturated rings. The highest BCUT2D eigenvalue weighted by atomic mass is 19.3. The lowest BCUT2D eigenvalue weighted by atomic mass is 10.3. The van der Waals surface area contributed by atoms with Crippen LogP contribution in [-0.2, 0) is 4.74 Å². The molecule has 1 N–H and O–H groups in total. The average molecular weight is 178 g/mol. The molecule has 0 aromatic rings. The van der Waals surface area contributed by atoms with E-state index in [0.29, 0.717) is 0 Å². The van der Waals surface area contributed by atoms with E-state index in [1.54, 1.807) is 6.92 Å². The molecule has 0 rings (SSSR count). The van der Waals surface area contributed by atoms with E-state index in [-0.39, 0.29) is 25.6 Å².